The van der Waals surface area contributed by atoms with Gasteiger partial charge in [-0.15, -0.1) is 11.8 Å². The van der Waals surface area contributed by atoms with Crippen LogP contribution < -0.4 is 0 Å². The van der Waals surface area contributed by atoms with Gasteiger partial charge in [0.2, 0.25) is 0 Å². The second-order valence-corrected chi connectivity index (χ2v) is 4.58. The van der Waals surface area contributed by atoms with Crippen LogP contribution in [0.1, 0.15) is 22.8 Å². The molecule has 1 rings (SSSR count). The van der Waals surface area contributed by atoms with E-state index in [4.69, 9.17) is 5.11 Å². The van der Waals surface area contributed by atoms with E-state index in [1.54, 1.807) is 24.8 Å². The summed E-state index contributed by atoms with van der Waals surface area (Å²) >= 11 is 1.61. The summed E-state index contributed by atoms with van der Waals surface area (Å²) in [6, 6.07) is 5.49. The van der Waals surface area contributed by atoms with Crippen molar-refractivity contribution < 1.29 is 9.90 Å². The van der Waals surface area contributed by atoms with E-state index >= 15 is 0 Å². The van der Waals surface area contributed by atoms with Crippen LogP contribution in [0.4, 0.5) is 0 Å². The molecule has 0 radical (unpaired) electrons. The molecule has 0 aliphatic rings. The van der Waals surface area contributed by atoms with Crippen molar-refractivity contribution in [3.63, 3.8) is 0 Å². The highest BCUT2D eigenvalue weighted by Crippen LogP contribution is 2.22. The summed E-state index contributed by atoms with van der Waals surface area (Å²) in [6.45, 7) is 7.57. The highest BCUT2D eigenvalue weighted by Gasteiger charge is 2.07. The van der Waals surface area contributed by atoms with Gasteiger partial charge in [0.05, 0.1) is 5.56 Å². The van der Waals surface area contributed by atoms with Crippen molar-refractivity contribution in [3.8, 4) is 0 Å². The molecular weight excluding hydrogens is 208 g/mol. The van der Waals surface area contributed by atoms with Gasteiger partial charge >= 0.3 is 5.97 Å². The van der Waals surface area contributed by atoms with Gasteiger partial charge in [-0.2, -0.15) is 0 Å². The fraction of sp³-hybridized carbons (Fsp3) is 0.250. The van der Waals surface area contributed by atoms with Crippen LogP contribution in [0, 0.1) is 6.92 Å². The van der Waals surface area contributed by atoms with Crippen LogP contribution >= 0.6 is 11.8 Å². The average Bonchev–Trinajstić information content (AvgIpc) is 2.16. The van der Waals surface area contributed by atoms with Gasteiger partial charge in [0, 0.05) is 10.6 Å². The van der Waals surface area contributed by atoms with Crippen molar-refractivity contribution in [1.29, 1.82) is 0 Å². The monoisotopic (exact) mass is 222 g/mol. The van der Waals surface area contributed by atoms with Crippen molar-refractivity contribution in [2.45, 2.75) is 18.7 Å². The van der Waals surface area contributed by atoms with Gasteiger partial charge in [-0.1, -0.05) is 18.2 Å². The third-order valence-electron chi connectivity index (χ3n) is 1.92. The Morgan fingerprint density at radius 2 is 2.20 bits per heavy atom. The third kappa shape index (κ3) is 3.44. The van der Waals surface area contributed by atoms with E-state index in [9.17, 15) is 4.79 Å². The molecule has 0 saturated heterocycles. The lowest BCUT2D eigenvalue weighted by molar-refractivity contribution is 0.0696. The molecule has 0 aromatic heterocycles. The molecule has 1 aromatic carbocycles. The van der Waals surface area contributed by atoms with Gasteiger partial charge in [-0.05, 0) is 31.5 Å². The summed E-state index contributed by atoms with van der Waals surface area (Å²) in [6.07, 6.45) is 0. The Morgan fingerprint density at radius 1 is 1.53 bits per heavy atom. The summed E-state index contributed by atoms with van der Waals surface area (Å²) in [4.78, 5) is 11.9. The summed E-state index contributed by atoms with van der Waals surface area (Å²) in [5.41, 5.74) is 2.25. The Balaban J connectivity index is 2.87. The largest absolute Gasteiger partial charge is 0.478 e. The van der Waals surface area contributed by atoms with Crippen LogP contribution in [-0.2, 0) is 0 Å². The number of carboxylic acids is 1. The Bertz CT molecular complexity index is 397. The van der Waals surface area contributed by atoms with Gasteiger partial charge in [0.25, 0.3) is 0 Å². The first-order valence-electron chi connectivity index (χ1n) is 4.62. The van der Waals surface area contributed by atoms with Crippen LogP contribution in [0.3, 0.4) is 0 Å². The summed E-state index contributed by atoms with van der Waals surface area (Å²) in [5, 5.41) is 8.94. The maximum atomic E-state index is 10.9. The van der Waals surface area contributed by atoms with Crippen molar-refractivity contribution in [1.82, 2.24) is 0 Å². The summed E-state index contributed by atoms with van der Waals surface area (Å²) < 4.78 is 0. The molecule has 3 heteroatoms. The number of hydrogen-bond acceptors (Lipinski definition) is 2. The lowest BCUT2D eigenvalue weighted by atomic mass is 10.1. The minimum absolute atomic E-state index is 0.377. The van der Waals surface area contributed by atoms with E-state index in [1.165, 1.54) is 0 Å². The summed E-state index contributed by atoms with van der Waals surface area (Å²) in [5.74, 6) is -0.0486. The van der Waals surface area contributed by atoms with Gasteiger partial charge in [0.1, 0.15) is 0 Å². The van der Waals surface area contributed by atoms with Crippen LogP contribution in [0.5, 0.6) is 0 Å². The SMILES string of the molecule is C=C(C)CSc1ccc(C)c(C(=O)O)c1. The first-order chi connectivity index (χ1) is 7.00. The number of thioether (sulfide) groups is 1. The predicted molar refractivity (Wildman–Crippen MR) is 63.7 cm³/mol. The first kappa shape index (κ1) is 11.9. The molecule has 0 heterocycles. The Kier molecular flexibility index (Phi) is 3.97. The number of rotatable bonds is 4. The van der Waals surface area contributed by atoms with E-state index in [-0.39, 0.29) is 0 Å². The predicted octanol–water partition coefficient (Wildman–Crippen LogP) is 3.36. The lowest BCUT2D eigenvalue weighted by Gasteiger charge is -2.05. The Morgan fingerprint density at radius 3 is 2.73 bits per heavy atom. The van der Waals surface area contributed by atoms with E-state index in [1.807, 2.05) is 19.1 Å². The minimum atomic E-state index is -0.870. The number of aromatic carboxylic acids is 1. The molecule has 0 amide bonds. The zero-order chi connectivity index (χ0) is 11.4. The van der Waals surface area contributed by atoms with E-state index in [0.717, 1.165) is 21.8 Å². The Hall–Kier alpha value is -1.22. The molecule has 2 nitrogen and oxygen atoms in total. The van der Waals surface area contributed by atoms with Gasteiger partial charge in [-0.3, -0.25) is 0 Å². The summed E-state index contributed by atoms with van der Waals surface area (Å²) in [7, 11) is 0. The molecule has 1 N–H and O–H groups in total. The fourth-order valence-corrected chi connectivity index (χ4v) is 1.91. The van der Waals surface area contributed by atoms with E-state index in [2.05, 4.69) is 6.58 Å². The fourth-order valence-electron chi connectivity index (χ4n) is 1.13. The van der Waals surface area contributed by atoms with Gasteiger partial charge in [0.15, 0.2) is 0 Å². The lowest BCUT2D eigenvalue weighted by Crippen LogP contribution is -1.99. The van der Waals surface area contributed by atoms with Crippen molar-refractivity contribution in [2.75, 3.05) is 5.75 Å². The molecular formula is C12H14O2S. The maximum absolute atomic E-state index is 10.9. The topological polar surface area (TPSA) is 37.3 Å². The number of aryl methyl sites for hydroxylation is 1. The zero-order valence-electron chi connectivity index (χ0n) is 8.91. The molecule has 1 aromatic rings. The third-order valence-corrected chi connectivity index (χ3v) is 3.15. The number of carboxylic acid groups (broad SMARTS) is 1. The molecule has 0 fully saturated rings. The van der Waals surface area contributed by atoms with E-state index in [0.29, 0.717) is 5.56 Å². The normalized spacial score (nSPS) is 10.0. The minimum Gasteiger partial charge on any atom is -0.478 e. The quantitative estimate of drug-likeness (QED) is 0.627. The van der Waals surface area contributed by atoms with Gasteiger partial charge in [-0.25, -0.2) is 4.79 Å². The van der Waals surface area contributed by atoms with Crippen molar-refractivity contribution in [2.24, 2.45) is 0 Å². The average molecular weight is 222 g/mol. The van der Waals surface area contributed by atoms with Crippen molar-refractivity contribution >= 4 is 17.7 Å². The molecule has 0 saturated carbocycles. The highest BCUT2D eigenvalue weighted by atomic mass is 32.2. The second-order valence-electron chi connectivity index (χ2n) is 3.53. The molecule has 0 atom stereocenters. The highest BCUT2D eigenvalue weighted by molar-refractivity contribution is 7.99. The number of hydrogen-bond donors (Lipinski definition) is 1. The van der Waals surface area contributed by atoms with Crippen LogP contribution in [-0.4, -0.2) is 16.8 Å². The van der Waals surface area contributed by atoms with Crippen LogP contribution in [0.2, 0.25) is 0 Å². The number of benzene rings is 1. The smallest absolute Gasteiger partial charge is 0.335 e. The zero-order valence-corrected chi connectivity index (χ0v) is 9.73. The molecule has 0 aliphatic carbocycles. The first-order valence-corrected chi connectivity index (χ1v) is 5.60. The molecule has 80 valence electrons. The van der Waals surface area contributed by atoms with Crippen molar-refractivity contribution in [3.05, 3.63) is 41.5 Å². The molecule has 0 unspecified atom stereocenters. The molecule has 0 aliphatic heterocycles. The molecule has 15 heavy (non-hydrogen) atoms. The standard InChI is InChI=1S/C12H14O2S/c1-8(2)7-15-10-5-4-9(3)11(6-10)12(13)14/h4-6H,1,7H2,2-3H3,(H,13,14). The maximum Gasteiger partial charge on any atom is 0.335 e. The number of carbonyl (C=O) groups is 1. The van der Waals surface area contributed by atoms with E-state index < -0.39 is 5.97 Å². The molecule has 0 spiro atoms. The Labute approximate surface area is 94.0 Å². The molecule has 0 bridgehead atoms. The van der Waals surface area contributed by atoms with Crippen LogP contribution in [0.15, 0.2) is 35.2 Å². The van der Waals surface area contributed by atoms with Gasteiger partial charge < -0.3 is 5.11 Å². The second kappa shape index (κ2) is 5.03. The van der Waals surface area contributed by atoms with Crippen LogP contribution in [0.25, 0.3) is 0 Å².